The molecule has 0 bridgehead atoms. The third-order valence-corrected chi connectivity index (χ3v) is 3.42. The number of rotatable bonds is 4. The summed E-state index contributed by atoms with van der Waals surface area (Å²) in [4.78, 5) is 12.1. The van der Waals surface area contributed by atoms with Gasteiger partial charge in [0.25, 0.3) is 0 Å². The van der Waals surface area contributed by atoms with Crippen molar-refractivity contribution in [3.8, 4) is 22.6 Å². The zero-order valence-corrected chi connectivity index (χ0v) is 12.9. The van der Waals surface area contributed by atoms with Crippen molar-refractivity contribution < 1.29 is 13.9 Å². The third kappa shape index (κ3) is 3.46. The lowest BCUT2D eigenvalue weighted by Crippen LogP contribution is -2.05. The summed E-state index contributed by atoms with van der Waals surface area (Å²) in [5.74, 6) is 0.919. The van der Waals surface area contributed by atoms with Gasteiger partial charge in [0.05, 0.1) is 35.4 Å². The van der Waals surface area contributed by atoms with Crippen molar-refractivity contribution in [3.05, 3.63) is 78.4 Å². The first-order valence-electron chi connectivity index (χ1n) is 7.54. The van der Waals surface area contributed by atoms with Crippen LogP contribution < -0.4 is 0 Å². The highest BCUT2D eigenvalue weighted by Gasteiger charge is 2.22. The van der Waals surface area contributed by atoms with E-state index in [1.165, 1.54) is 0 Å². The molecule has 3 aromatic rings. The Balaban J connectivity index is 2.13. The minimum absolute atomic E-state index is 0.339. The van der Waals surface area contributed by atoms with Crippen LogP contribution in [0.25, 0.3) is 22.6 Å². The first-order valence-corrected chi connectivity index (χ1v) is 7.54. The molecule has 3 nitrogen and oxygen atoms in total. The Labute approximate surface area is 135 Å². The molecule has 23 heavy (non-hydrogen) atoms. The molecule has 2 aromatic carbocycles. The van der Waals surface area contributed by atoms with Gasteiger partial charge in [-0.05, 0) is 31.2 Å². The van der Waals surface area contributed by atoms with Crippen LogP contribution in [0.5, 0.6) is 0 Å². The molecule has 0 atom stereocenters. The van der Waals surface area contributed by atoms with Gasteiger partial charge in [-0.15, -0.1) is 0 Å². The van der Waals surface area contributed by atoms with Crippen molar-refractivity contribution in [2.75, 3.05) is 6.61 Å². The molecule has 0 aliphatic carbocycles. The quantitative estimate of drug-likeness (QED) is 0.499. The number of hydrogen-bond acceptors (Lipinski definition) is 2. The molecule has 0 unspecified atom stereocenters. The van der Waals surface area contributed by atoms with Gasteiger partial charge >= 0.3 is 17.5 Å². The van der Waals surface area contributed by atoms with Gasteiger partial charge in [-0.2, -0.15) is 0 Å². The number of hydrogen-bond donors (Lipinski definition) is 0. The summed E-state index contributed by atoms with van der Waals surface area (Å²) in [7, 11) is 0. The number of carbonyl (C=O) groups excluding carboxylic acids is 1. The van der Waals surface area contributed by atoms with E-state index in [2.05, 4.69) is 0 Å². The van der Waals surface area contributed by atoms with Crippen molar-refractivity contribution >= 4 is 5.97 Å². The molecule has 0 fully saturated rings. The fourth-order valence-corrected chi connectivity index (χ4v) is 2.32. The summed E-state index contributed by atoms with van der Waals surface area (Å²) in [5.41, 5.74) is 2.31. The summed E-state index contributed by atoms with van der Waals surface area (Å²) in [6, 6.07) is 22.9. The van der Waals surface area contributed by atoms with Crippen molar-refractivity contribution in [1.82, 2.24) is 0 Å². The first-order chi connectivity index (χ1) is 11.3. The molecule has 0 amide bonds. The second kappa shape index (κ2) is 6.88. The first kappa shape index (κ1) is 15.0. The highest BCUT2D eigenvalue weighted by Crippen LogP contribution is 2.28. The number of esters is 1. The van der Waals surface area contributed by atoms with Crippen molar-refractivity contribution in [2.24, 2.45) is 0 Å². The minimum Gasteiger partial charge on any atom is -0.462 e. The van der Waals surface area contributed by atoms with E-state index in [1.807, 2.05) is 60.7 Å². The molecule has 0 saturated heterocycles. The average Bonchev–Trinajstić information content (AvgIpc) is 2.63. The highest BCUT2D eigenvalue weighted by atomic mass is 16.5. The largest absolute Gasteiger partial charge is 0.462 e. The van der Waals surface area contributed by atoms with Crippen LogP contribution in [-0.4, -0.2) is 12.6 Å². The number of carbonyl (C=O) groups is 1. The molecule has 0 radical (unpaired) electrons. The zero-order valence-electron chi connectivity index (χ0n) is 12.9. The maximum atomic E-state index is 12.1. The van der Waals surface area contributed by atoms with Gasteiger partial charge in [-0.25, -0.2) is 9.21 Å². The second-order valence-corrected chi connectivity index (χ2v) is 5.03. The third-order valence-electron chi connectivity index (χ3n) is 3.42. The molecule has 0 aliphatic heterocycles. The molecule has 1 aromatic heterocycles. The summed E-state index contributed by atoms with van der Waals surface area (Å²) < 4.78 is 11.1. The lowest BCUT2D eigenvalue weighted by molar-refractivity contribution is 0.0526. The summed E-state index contributed by atoms with van der Waals surface area (Å²) in [6.45, 7) is 2.13. The minimum atomic E-state index is -0.349. The number of ether oxygens (including phenoxy) is 1. The van der Waals surface area contributed by atoms with Gasteiger partial charge < -0.3 is 4.74 Å². The second-order valence-electron chi connectivity index (χ2n) is 5.03. The molecule has 0 spiro atoms. The number of benzene rings is 2. The fourth-order valence-electron chi connectivity index (χ4n) is 2.32. The molecule has 0 aliphatic rings. The van der Waals surface area contributed by atoms with Gasteiger partial charge in [-0.3, -0.25) is 0 Å². The Kier molecular flexibility index (Phi) is 4.48. The van der Waals surface area contributed by atoms with Gasteiger partial charge in [0.2, 0.25) is 0 Å². The smallest absolute Gasteiger partial charge is 0.361 e. The van der Waals surface area contributed by atoms with Gasteiger partial charge in [0.15, 0.2) is 0 Å². The van der Waals surface area contributed by atoms with Crippen molar-refractivity contribution in [3.63, 3.8) is 0 Å². The van der Waals surface area contributed by atoms with Crippen LogP contribution in [-0.2, 0) is 4.74 Å². The highest BCUT2D eigenvalue weighted by molar-refractivity contribution is 5.91. The Bertz CT molecular complexity index is 738. The fraction of sp³-hybridized carbons (Fsp3) is 0.100. The van der Waals surface area contributed by atoms with E-state index in [-0.39, 0.29) is 5.97 Å². The average molecular weight is 305 g/mol. The monoisotopic (exact) mass is 305 g/mol. The van der Waals surface area contributed by atoms with Crippen LogP contribution in [0, 0.1) is 0 Å². The van der Waals surface area contributed by atoms with Crippen LogP contribution in [0.4, 0.5) is 0 Å². The normalized spacial score (nSPS) is 10.3. The Hall–Kier alpha value is -2.94. The standard InChI is InChI=1S/C20H17O3/c1-2-22-20(21)17-13-18(15-9-5-3-6-10-15)23-19(14-17)16-11-7-4-8-12-16/h3-14H,2H2,1H3/q+1. The predicted octanol–water partition coefficient (Wildman–Crippen LogP) is 5.07. The molecule has 3 heteroatoms. The summed E-state index contributed by atoms with van der Waals surface area (Å²) in [5, 5.41) is 0. The molecular formula is C20H17O3+. The lowest BCUT2D eigenvalue weighted by Gasteiger charge is -2.01. The van der Waals surface area contributed by atoms with Crippen LogP contribution in [0.1, 0.15) is 17.3 Å². The van der Waals surface area contributed by atoms with E-state index in [1.54, 1.807) is 19.1 Å². The molecule has 114 valence electrons. The Morgan fingerprint density at radius 1 is 0.870 bits per heavy atom. The van der Waals surface area contributed by atoms with E-state index in [0.29, 0.717) is 23.7 Å². The zero-order chi connectivity index (χ0) is 16.1. The van der Waals surface area contributed by atoms with E-state index < -0.39 is 0 Å². The van der Waals surface area contributed by atoms with E-state index in [0.717, 1.165) is 11.1 Å². The van der Waals surface area contributed by atoms with E-state index >= 15 is 0 Å². The molecular weight excluding hydrogens is 288 g/mol. The van der Waals surface area contributed by atoms with Gasteiger partial charge in [-0.1, -0.05) is 36.4 Å². The van der Waals surface area contributed by atoms with Crippen molar-refractivity contribution in [1.29, 1.82) is 0 Å². The summed E-state index contributed by atoms with van der Waals surface area (Å²) >= 11 is 0. The van der Waals surface area contributed by atoms with Crippen LogP contribution in [0.15, 0.2) is 77.2 Å². The lowest BCUT2D eigenvalue weighted by atomic mass is 10.1. The molecule has 0 saturated carbocycles. The van der Waals surface area contributed by atoms with Gasteiger partial charge in [0.1, 0.15) is 0 Å². The molecule has 1 heterocycles. The maximum absolute atomic E-state index is 12.1. The van der Waals surface area contributed by atoms with E-state index in [9.17, 15) is 4.79 Å². The maximum Gasteiger partial charge on any atom is 0.361 e. The van der Waals surface area contributed by atoms with Crippen molar-refractivity contribution in [2.45, 2.75) is 6.92 Å². The van der Waals surface area contributed by atoms with Crippen LogP contribution in [0.3, 0.4) is 0 Å². The Morgan fingerprint density at radius 2 is 1.35 bits per heavy atom. The van der Waals surface area contributed by atoms with Crippen LogP contribution >= 0.6 is 0 Å². The topological polar surface area (TPSA) is 37.6 Å². The Morgan fingerprint density at radius 3 is 1.78 bits per heavy atom. The summed E-state index contributed by atoms with van der Waals surface area (Å²) in [6.07, 6.45) is 0. The van der Waals surface area contributed by atoms with Gasteiger partial charge in [0, 0.05) is 0 Å². The predicted molar refractivity (Wildman–Crippen MR) is 89.9 cm³/mol. The van der Waals surface area contributed by atoms with Crippen LogP contribution in [0.2, 0.25) is 0 Å². The SMILES string of the molecule is CCOC(=O)c1cc(-c2ccccc2)[o+]c(-c2ccccc2)c1. The molecule has 3 rings (SSSR count). The van der Waals surface area contributed by atoms with E-state index in [4.69, 9.17) is 9.15 Å². The molecule has 0 N–H and O–H groups in total.